The summed E-state index contributed by atoms with van der Waals surface area (Å²) in [7, 11) is 1.67. The maximum absolute atomic E-state index is 12.1. The summed E-state index contributed by atoms with van der Waals surface area (Å²) in [5.41, 5.74) is 1.27. The molecular weight excluding hydrogens is 284 g/mol. The number of benzene rings is 1. The largest absolute Gasteiger partial charge is 0.497 e. The van der Waals surface area contributed by atoms with Crippen LogP contribution in [0.3, 0.4) is 0 Å². The van der Waals surface area contributed by atoms with Gasteiger partial charge in [-0.1, -0.05) is 12.1 Å². The fraction of sp³-hybridized carbons (Fsp3) is 0.562. The molecule has 1 saturated heterocycles. The van der Waals surface area contributed by atoms with Gasteiger partial charge >= 0.3 is 6.03 Å². The number of amides is 2. The van der Waals surface area contributed by atoms with Crippen molar-refractivity contribution in [2.45, 2.75) is 25.8 Å². The van der Waals surface area contributed by atoms with Gasteiger partial charge < -0.3 is 15.0 Å². The summed E-state index contributed by atoms with van der Waals surface area (Å²) >= 11 is 1.91. The summed E-state index contributed by atoms with van der Waals surface area (Å²) in [6.07, 6.45) is 1.90. The van der Waals surface area contributed by atoms with Gasteiger partial charge in [0.05, 0.1) is 7.11 Å². The molecule has 1 N–H and O–H groups in total. The summed E-state index contributed by atoms with van der Waals surface area (Å²) in [6.45, 7) is 3.80. The molecule has 1 aliphatic heterocycles. The molecule has 1 aliphatic rings. The second-order valence-electron chi connectivity index (χ2n) is 5.34. The van der Waals surface area contributed by atoms with Crippen molar-refractivity contribution in [3.8, 4) is 5.75 Å². The summed E-state index contributed by atoms with van der Waals surface area (Å²) in [5, 5.41) is 3.10. The Balaban J connectivity index is 1.73. The topological polar surface area (TPSA) is 41.6 Å². The van der Waals surface area contributed by atoms with Crippen LogP contribution in [0, 0.1) is 0 Å². The Morgan fingerprint density at radius 2 is 2.00 bits per heavy atom. The Bertz CT molecular complexity index is 444. The standard InChI is InChI=1S/C16H24N2O2S/c1-13(17-16(19)18-9-11-21-12-10-18)3-4-14-5-7-15(20-2)8-6-14/h5-8,13H,3-4,9-12H2,1-2H3,(H,17,19)/t13-/m0/s1. The van der Waals surface area contributed by atoms with Gasteiger partial charge in [-0.3, -0.25) is 0 Å². The number of urea groups is 1. The van der Waals surface area contributed by atoms with E-state index in [1.54, 1.807) is 7.11 Å². The summed E-state index contributed by atoms with van der Waals surface area (Å²) in [5.74, 6) is 2.98. The molecule has 0 radical (unpaired) electrons. The molecule has 1 aromatic carbocycles. The molecule has 1 aromatic rings. The number of hydrogen-bond donors (Lipinski definition) is 1. The quantitative estimate of drug-likeness (QED) is 0.909. The van der Waals surface area contributed by atoms with E-state index in [0.717, 1.165) is 43.2 Å². The zero-order valence-corrected chi connectivity index (χ0v) is 13.6. The highest BCUT2D eigenvalue weighted by atomic mass is 32.2. The Morgan fingerprint density at radius 3 is 2.62 bits per heavy atom. The zero-order chi connectivity index (χ0) is 15.1. The molecule has 116 valence electrons. The summed E-state index contributed by atoms with van der Waals surface area (Å²) in [4.78, 5) is 14.0. The second kappa shape index (κ2) is 8.17. The van der Waals surface area contributed by atoms with Gasteiger partial charge in [-0.25, -0.2) is 4.79 Å². The molecule has 21 heavy (non-hydrogen) atoms. The Hall–Kier alpha value is -1.36. The first kappa shape index (κ1) is 16.0. The molecule has 0 saturated carbocycles. The molecule has 0 unspecified atom stereocenters. The molecule has 1 heterocycles. The molecule has 4 nitrogen and oxygen atoms in total. The first-order valence-corrected chi connectivity index (χ1v) is 8.60. The van der Waals surface area contributed by atoms with Crippen LogP contribution in [0.25, 0.3) is 0 Å². The number of thioether (sulfide) groups is 1. The van der Waals surface area contributed by atoms with Crippen LogP contribution in [0.2, 0.25) is 0 Å². The number of methoxy groups -OCH3 is 1. The number of aryl methyl sites for hydroxylation is 1. The average Bonchev–Trinajstić information content (AvgIpc) is 2.54. The Kier molecular flexibility index (Phi) is 6.23. The molecule has 1 atom stereocenters. The summed E-state index contributed by atoms with van der Waals surface area (Å²) < 4.78 is 5.15. The fourth-order valence-electron chi connectivity index (χ4n) is 2.32. The monoisotopic (exact) mass is 308 g/mol. The lowest BCUT2D eigenvalue weighted by Gasteiger charge is -2.28. The molecule has 2 rings (SSSR count). The molecule has 5 heteroatoms. The number of carbonyl (C=O) groups excluding carboxylic acids is 1. The molecule has 0 aliphatic carbocycles. The van der Waals surface area contributed by atoms with E-state index >= 15 is 0 Å². The normalized spacial score (nSPS) is 16.4. The van der Waals surface area contributed by atoms with E-state index in [1.807, 2.05) is 28.8 Å². The number of hydrogen-bond acceptors (Lipinski definition) is 3. The smallest absolute Gasteiger partial charge is 0.317 e. The van der Waals surface area contributed by atoms with Gasteiger partial charge in [-0.2, -0.15) is 11.8 Å². The molecule has 1 fully saturated rings. The number of nitrogens with zero attached hydrogens (tertiary/aromatic N) is 1. The third-order valence-corrected chi connectivity index (χ3v) is 4.64. The minimum atomic E-state index is 0.0810. The number of nitrogens with one attached hydrogen (secondary N) is 1. The van der Waals surface area contributed by atoms with Crippen LogP contribution in [0.5, 0.6) is 5.75 Å². The first-order valence-electron chi connectivity index (χ1n) is 7.45. The minimum Gasteiger partial charge on any atom is -0.497 e. The highest BCUT2D eigenvalue weighted by molar-refractivity contribution is 7.99. The van der Waals surface area contributed by atoms with Gasteiger partial charge in [0.15, 0.2) is 0 Å². The maximum atomic E-state index is 12.1. The van der Waals surface area contributed by atoms with Crippen molar-refractivity contribution >= 4 is 17.8 Å². The Labute approximate surface area is 131 Å². The number of rotatable bonds is 5. The number of ether oxygens (including phenoxy) is 1. The van der Waals surface area contributed by atoms with Crippen molar-refractivity contribution in [2.75, 3.05) is 31.7 Å². The SMILES string of the molecule is COc1ccc(CC[C@H](C)NC(=O)N2CCSCC2)cc1. The van der Waals surface area contributed by atoms with Crippen molar-refractivity contribution in [2.24, 2.45) is 0 Å². The Morgan fingerprint density at radius 1 is 1.33 bits per heavy atom. The van der Waals surface area contributed by atoms with Gasteiger partial charge in [0, 0.05) is 30.6 Å². The van der Waals surface area contributed by atoms with Crippen molar-refractivity contribution < 1.29 is 9.53 Å². The third-order valence-electron chi connectivity index (χ3n) is 3.69. The van der Waals surface area contributed by atoms with Crippen molar-refractivity contribution in [1.29, 1.82) is 0 Å². The predicted octanol–water partition coefficient (Wildman–Crippen LogP) is 2.77. The van der Waals surface area contributed by atoms with Gasteiger partial charge in [0.2, 0.25) is 0 Å². The van der Waals surface area contributed by atoms with E-state index in [1.165, 1.54) is 5.56 Å². The van der Waals surface area contributed by atoms with Crippen LogP contribution in [0.1, 0.15) is 18.9 Å². The minimum absolute atomic E-state index is 0.0810. The third kappa shape index (κ3) is 5.16. The van der Waals surface area contributed by atoms with Crippen LogP contribution in [0.15, 0.2) is 24.3 Å². The average molecular weight is 308 g/mol. The van der Waals surface area contributed by atoms with Gasteiger partial charge in [0.1, 0.15) is 5.75 Å². The second-order valence-corrected chi connectivity index (χ2v) is 6.56. The molecule has 2 amide bonds. The van der Waals surface area contributed by atoms with E-state index in [4.69, 9.17) is 4.74 Å². The fourth-order valence-corrected chi connectivity index (χ4v) is 3.22. The molecule has 0 bridgehead atoms. The van der Waals surface area contributed by atoms with Crippen LogP contribution < -0.4 is 10.1 Å². The lowest BCUT2D eigenvalue weighted by molar-refractivity contribution is 0.199. The maximum Gasteiger partial charge on any atom is 0.317 e. The van der Waals surface area contributed by atoms with Crippen LogP contribution in [-0.4, -0.2) is 48.7 Å². The van der Waals surface area contributed by atoms with Crippen LogP contribution in [0.4, 0.5) is 4.79 Å². The van der Waals surface area contributed by atoms with E-state index in [2.05, 4.69) is 24.4 Å². The summed E-state index contributed by atoms with van der Waals surface area (Å²) in [6, 6.07) is 8.38. The van der Waals surface area contributed by atoms with Crippen molar-refractivity contribution in [3.63, 3.8) is 0 Å². The molecule has 0 spiro atoms. The van der Waals surface area contributed by atoms with Crippen LogP contribution in [-0.2, 0) is 6.42 Å². The highest BCUT2D eigenvalue weighted by Crippen LogP contribution is 2.13. The lowest BCUT2D eigenvalue weighted by atomic mass is 10.1. The molecular formula is C16H24N2O2S. The van der Waals surface area contributed by atoms with Gasteiger partial charge in [-0.15, -0.1) is 0 Å². The van der Waals surface area contributed by atoms with Crippen LogP contribution >= 0.6 is 11.8 Å². The van der Waals surface area contributed by atoms with Gasteiger partial charge in [0.25, 0.3) is 0 Å². The van der Waals surface area contributed by atoms with E-state index in [-0.39, 0.29) is 12.1 Å². The van der Waals surface area contributed by atoms with E-state index in [9.17, 15) is 4.79 Å². The highest BCUT2D eigenvalue weighted by Gasteiger charge is 2.17. The van der Waals surface area contributed by atoms with E-state index in [0.29, 0.717) is 0 Å². The lowest BCUT2D eigenvalue weighted by Crippen LogP contribution is -2.47. The van der Waals surface area contributed by atoms with Crippen molar-refractivity contribution in [1.82, 2.24) is 10.2 Å². The number of carbonyl (C=O) groups is 1. The van der Waals surface area contributed by atoms with Gasteiger partial charge in [-0.05, 0) is 37.5 Å². The predicted molar refractivity (Wildman–Crippen MR) is 88.2 cm³/mol. The van der Waals surface area contributed by atoms with Crippen molar-refractivity contribution in [3.05, 3.63) is 29.8 Å². The zero-order valence-electron chi connectivity index (χ0n) is 12.8. The molecule has 0 aromatic heterocycles. The first-order chi connectivity index (χ1) is 10.2. The van der Waals surface area contributed by atoms with E-state index < -0.39 is 0 Å².